The zero-order valence-corrected chi connectivity index (χ0v) is 11.4. The van der Waals surface area contributed by atoms with Crippen LogP contribution in [0.1, 0.15) is 25.4 Å². The molecular formula is C11H15N3S2. The summed E-state index contributed by atoms with van der Waals surface area (Å²) in [5.74, 6) is 1.56. The highest BCUT2D eigenvalue weighted by Crippen LogP contribution is 2.37. The minimum atomic E-state index is 0.744. The maximum Gasteiger partial charge on any atom is 0.126 e. The Morgan fingerprint density at radius 2 is 2.19 bits per heavy atom. The lowest BCUT2D eigenvalue weighted by atomic mass is 10.3. The number of thiol groups is 1. The second-order valence-electron chi connectivity index (χ2n) is 2.87. The Morgan fingerprint density at radius 3 is 2.81 bits per heavy atom. The van der Waals surface area contributed by atoms with E-state index in [-0.39, 0.29) is 0 Å². The molecule has 0 saturated carbocycles. The molecule has 0 saturated heterocycles. The lowest BCUT2D eigenvalue weighted by Crippen LogP contribution is -2.03. The van der Waals surface area contributed by atoms with Gasteiger partial charge in [0.2, 0.25) is 0 Å². The molecule has 0 aliphatic carbocycles. The van der Waals surface area contributed by atoms with Gasteiger partial charge in [-0.2, -0.15) is 0 Å². The van der Waals surface area contributed by atoms with Crippen LogP contribution in [0.25, 0.3) is 5.70 Å². The summed E-state index contributed by atoms with van der Waals surface area (Å²) in [6.07, 6.45) is 1.83. The van der Waals surface area contributed by atoms with Crippen LogP contribution in [0.5, 0.6) is 0 Å². The van der Waals surface area contributed by atoms with Gasteiger partial charge in [-0.15, -0.1) is 24.4 Å². The number of aromatic nitrogens is 2. The van der Waals surface area contributed by atoms with E-state index in [0.717, 1.165) is 32.8 Å². The summed E-state index contributed by atoms with van der Waals surface area (Å²) >= 11 is 6.04. The van der Waals surface area contributed by atoms with Crippen LogP contribution < -0.4 is 0 Å². The standard InChI is InChI=1S/C9H9N3S2.C2H6/c1-5-11-3-7-9(12-5)8(10-2)6(13)4-14-7;1-2/h3,13H,2,4H2,1H3;1-2H3. The summed E-state index contributed by atoms with van der Waals surface area (Å²) in [7, 11) is 0. The normalized spacial score (nSPS) is 13.8. The van der Waals surface area contributed by atoms with Gasteiger partial charge in [-0.3, -0.25) is 4.99 Å². The molecule has 1 aromatic rings. The molecule has 16 heavy (non-hydrogen) atoms. The first-order valence-corrected chi connectivity index (χ1v) is 6.51. The van der Waals surface area contributed by atoms with Crippen LogP contribution in [0.15, 0.2) is 21.0 Å². The molecule has 3 nitrogen and oxygen atoms in total. The largest absolute Gasteiger partial charge is 0.261 e. The van der Waals surface area contributed by atoms with Gasteiger partial charge in [0.25, 0.3) is 0 Å². The van der Waals surface area contributed by atoms with Crippen molar-refractivity contribution in [2.24, 2.45) is 4.99 Å². The van der Waals surface area contributed by atoms with Crippen LogP contribution in [0, 0.1) is 6.92 Å². The maximum absolute atomic E-state index is 4.36. The van der Waals surface area contributed by atoms with E-state index < -0.39 is 0 Å². The summed E-state index contributed by atoms with van der Waals surface area (Å²) in [6.45, 7) is 9.40. The smallest absolute Gasteiger partial charge is 0.126 e. The highest BCUT2D eigenvalue weighted by Gasteiger charge is 2.18. The lowest BCUT2D eigenvalue weighted by molar-refractivity contribution is 0.981. The molecule has 0 bridgehead atoms. The summed E-state index contributed by atoms with van der Waals surface area (Å²) in [5, 5.41) is 0. The Balaban J connectivity index is 0.000000606. The van der Waals surface area contributed by atoms with E-state index in [2.05, 4.69) is 34.3 Å². The molecule has 1 aliphatic heterocycles. The third-order valence-corrected chi connectivity index (χ3v) is 3.52. The highest BCUT2D eigenvalue weighted by molar-refractivity contribution is 8.00. The number of hydrogen-bond acceptors (Lipinski definition) is 5. The van der Waals surface area contributed by atoms with Crippen molar-refractivity contribution in [3.05, 3.63) is 22.6 Å². The number of thioether (sulfide) groups is 1. The summed E-state index contributed by atoms with van der Waals surface area (Å²) in [5.41, 5.74) is 1.64. The van der Waals surface area contributed by atoms with Crippen molar-refractivity contribution in [3.8, 4) is 0 Å². The molecule has 0 aromatic carbocycles. The van der Waals surface area contributed by atoms with Crippen molar-refractivity contribution < 1.29 is 0 Å². The van der Waals surface area contributed by atoms with Gasteiger partial charge in [0.05, 0.1) is 10.6 Å². The topological polar surface area (TPSA) is 38.1 Å². The van der Waals surface area contributed by atoms with Crippen molar-refractivity contribution in [1.82, 2.24) is 9.97 Å². The van der Waals surface area contributed by atoms with E-state index in [0.29, 0.717) is 0 Å². The molecule has 1 aromatic heterocycles. The van der Waals surface area contributed by atoms with E-state index in [4.69, 9.17) is 0 Å². The molecule has 0 unspecified atom stereocenters. The molecule has 2 rings (SSSR count). The number of rotatable bonds is 1. The van der Waals surface area contributed by atoms with Crippen LogP contribution in [0.4, 0.5) is 0 Å². The molecule has 0 atom stereocenters. The van der Waals surface area contributed by atoms with Gasteiger partial charge in [0, 0.05) is 16.9 Å². The van der Waals surface area contributed by atoms with E-state index in [1.54, 1.807) is 11.8 Å². The summed E-state index contributed by atoms with van der Waals surface area (Å²) in [6, 6.07) is 0. The first-order chi connectivity index (χ1) is 7.72. The Morgan fingerprint density at radius 1 is 1.50 bits per heavy atom. The molecule has 2 heterocycles. The predicted octanol–water partition coefficient (Wildman–Crippen LogP) is 3.22. The molecule has 0 amide bonds. The van der Waals surface area contributed by atoms with E-state index in [1.807, 2.05) is 27.0 Å². The van der Waals surface area contributed by atoms with Gasteiger partial charge < -0.3 is 0 Å². The van der Waals surface area contributed by atoms with E-state index in [1.165, 1.54) is 0 Å². The third kappa shape index (κ3) is 2.65. The Hall–Kier alpha value is -0.810. The Labute approximate surface area is 106 Å². The second kappa shape index (κ2) is 6.06. The predicted molar refractivity (Wildman–Crippen MR) is 74.3 cm³/mol. The third-order valence-electron chi connectivity index (χ3n) is 1.90. The zero-order chi connectivity index (χ0) is 12.1. The van der Waals surface area contributed by atoms with Crippen molar-refractivity contribution in [3.63, 3.8) is 0 Å². The van der Waals surface area contributed by atoms with Gasteiger partial charge in [-0.25, -0.2) is 9.97 Å². The van der Waals surface area contributed by atoms with Crippen molar-refractivity contribution >= 4 is 36.8 Å². The van der Waals surface area contributed by atoms with Crippen LogP contribution >= 0.6 is 24.4 Å². The van der Waals surface area contributed by atoms with Gasteiger partial charge in [0.1, 0.15) is 11.5 Å². The first-order valence-electron chi connectivity index (χ1n) is 5.08. The van der Waals surface area contributed by atoms with Gasteiger partial charge >= 0.3 is 0 Å². The molecule has 0 fully saturated rings. The molecule has 0 spiro atoms. The number of hydrogen-bond donors (Lipinski definition) is 1. The SMILES string of the molecule is C=NC1=C(S)CSc2cnc(C)nc21.CC. The number of nitrogens with zero attached hydrogens (tertiary/aromatic N) is 3. The van der Waals surface area contributed by atoms with E-state index in [9.17, 15) is 0 Å². The molecular weight excluding hydrogens is 238 g/mol. The first kappa shape index (κ1) is 13.3. The van der Waals surface area contributed by atoms with Crippen LogP contribution in [-0.2, 0) is 0 Å². The number of aliphatic imine (C=N–C) groups is 1. The second-order valence-corrected chi connectivity index (χ2v) is 4.43. The quantitative estimate of drug-likeness (QED) is 0.617. The number of fused-ring (bicyclic) bond motifs is 1. The average Bonchev–Trinajstić information content (AvgIpc) is 2.31. The minimum Gasteiger partial charge on any atom is -0.261 e. The molecule has 5 heteroatoms. The summed E-state index contributed by atoms with van der Waals surface area (Å²) < 4.78 is 0. The fourth-order valence-corrected chi connectivity index (χ4v) is 2.46. The molecule has 86 valence electrons. The average molecular weight is 253 g/mol. The fourth-order valence-electron chi connectivity index (χ4n) is 1.25. The zero-order valence-electron chi connectivity index (χ0n) is 9.69. The lowest BCUT2D eigenvalue weighted by Gasteiger charge is -2.15. The molecule has 1 aliphatic rings. The van der Waals surface area contributed by atoms with E-state index >= 15 is 0 Å². The molecule has 0 radical (unpaired) electrons. The minimum absolute atomic E-state index is 0.744. The maximum atomic E-state index is 4.36. The van der Waals surface area contributed by atoms with Gasteiger partial charge in [-0.05, 0) is 13.6 Å². The Kier molecular flexibility index (Phi) is 5.02. The highest BCUT2D eigenvalue weighted by atomic mass is 32.2. The van der Waals surface area contributed by atoms with Gasteiger partial charge in [0.15, 0.2) is 0 Å². The van der Waals surface area contributed by atoms with Crippen LogP contribution in [0.3, 0.4) is 0 Å². The fraction of sp³-hybridized carbons (Fsp3) is 0.364. The van der Waals surface area contributed by atoms with Crippen molar-refractivity contribution in [2.75, 3.05) is 5.75 Å². The van der Waals surface area contributed by atoms with Crippen molar-refractivity contribution in [1.29, 1.82) is 0 Å². The van der Waals surface area contributed by atoms with Gasteiger partial charge in [-0.1, -0.05) is 13.8 Å². The monoisotopic (exact) mass is 253 g/mol. The van der Waals surface area contributed by atoms with Crippen molar-refractivity contribution in [2.45, 2.75) is 25.7 Å². The Bertz CT molecular complexity index is 427. The molecule has 0 N–H and O–H groups in total. The van der Waals surface area contributed by atoms with Crippen LogP contribution in [-0.4, -0.2) is 22.4 Å². The summed E-state index contributed by atoms with van der Waals surface area (Å²) in [4.78, 5) is 14.4. The van der Waals surface area contributed by atoms with Crippen LogP contribution in [0.2, 0.25) is 0 Å². The number of aryl methyl sites for hydroxylation is 1.